The highest BCUT2D eigenvalue weighted by molar-refractivity contribution is 5.81. The normalized spacial score (nSPS) is 46.0. The largest absolute Gasteiger partial charge is 0.350 e. The molecule has 2 N–H and O–H groups in total. The minimum Gasteiger partial charge on any atom is -0.350 e. The first kappa shape index (κ1) is 13.1. The Balaban J connectivity index is 1.56. The Morgan fingerprint density at radius 2 is 1.65 bits per heavy atom. The summed E-state index contributed by atoms with van der Waals surface area (Å²) in [5, 5.41) is 7.38. The molecule has 0 aliphatic heterocycles. The zero-order chi connectivity index (χ0) is 14.0. The molecule has 5 aliphatic carbocycles. The minimum absolute atomic E-state index is 0.131. The van der Waals surface area contributed by atoms with Gasteiger partial charge in [0.15, 0.2) is 0 Å². The van der Waals surface area contributed by atoms with Crippen LogP contribution in [0.3, 0.4) is 0 Å². The van der Waals surface area contributed by atoms with Crippen LogP contribution < -0.4 is 10.6 Å². The SMILES string of the molecule is CC(C)NC12CC3CC(CC(NC(=O)C4CC4)(C3)C1)C2. The number of hydrogen-bond acceptors (Lipinski definition) is 2. The van der Waals surface area contributed by atoms with E-state index < -0.39 is 0 Å². The van der Waals surface area contributed by atoms with Gasteiger partial charge in [-0.1, -0.05) is 13.8 Å². The topological polar surface area (TPSA) is 41.1 Å². The molecule has 0 radical (unpaired) electrons. The van der Waals surface area contributed by atoms with Crippen molar-refractivity contribution in [2.45, 2.75) is 82.3 Å². The Morgan fingerprint density at radius 1 is 1.05 bits per heavy atom. The first-order valence-electron chi connectivity index (χ1n) is 8.57. The number of carbonyl (C=O) groups is 1. The van der Waals surface area contributed by atoms with Crippen LogP contribution in [0.5, 0.6) is 0 Å². The maximum Gasteiger partial charge on any atom is 0.223 e. The van der Waals surface area contributed by atoms with Gasteiger partial charge in [0.2, 0.25) is 5.91 Å². The Labute approximate surface area is 122 Å². The second kappa shape index (κ2) is 4.22. The molecule has 0 saturated heterocycles. The fourth-order valence-electron chi connectivity index (χ4n) is 5.90. The summed E-state index contributed by atoms with van der Waals surface area (Å²) in [5.74, 6) is 2.37. The number of amides is 1. The number of rotatable bonds is 4. The fraction of sp³-hybridized carbons (Fsp3) is 0.941. The van der Waals surface area contributed by atoms with Gasteiger partial charge in [-0.2, -0.15) is 0 Å². The zero-order valence-corrected chi connectivity index (χ0v) is 12.9. The van der Waals surface area contributed by atoms with Crippen LogP contribution >= 0.6 is 0 Å². The van der Waals surface area contributed by atoms with E-state index >= 15 is 0 Å². The first-order chi connectivity index (χ1) is 9.48. The molecule has 112 valence electrons. The van der Waals surface area contributed by atoms with Gasteiger partial charge >= 0.3 is 0 Å². The van der Waals surface area contributed by atoms with Crippen LogP contribution in [0.15, 0.2) is 0 Å². The summed E-state index contributed by atoms with van der Waals surface area (Å²) in [5.41, 5.74) is 0.445. The van der Waals surface area contributed by atoms with Crippen molar-refractivity contribution in [3.8, 4) is 0 Å². The molecule has 5 fully saturated rings. The molecule has 0 aromatic rings. The van der Waals surface area contributed by atoms with E-state index in [-0.39, 0.29) is 5.54 Å². The zero-order valence-electron chi connectivity index (χ0n) is 12.9. The van der Waals surface area contributed by atoms with Crippen molar-refractivity contribution < 1.29 is 4.79 Å². The molecule has 0 aromatic carbocycles. The second-order valence-electron chi connectivity index (χ2n) is 8.58. The number of nitrogens with one attached hydrogen (secondary N) is 2. The van der Waals surface area contributed by atoms with Gasteiger partial charge in [-0.15, -0.1) is 0 Å². The molecule has 5 aliphatic rings. The van der Waals surface area contributed by atoms with Crippen molar-refractivity contribution in [1.29, 1.82) is 0 Å². The standard InChI is InChI=1S/C17H28N2O/c1-11(2)18-16-6-12-5-13(7-16)9-17(8-12,10-16)19-15(20)14-3-4-14/h11-14,18H,3-10H2,1-2H3,(H,19,20). The van der Waals surface area contributed by atoms with E-state index in [1.165, 1.54) is 38.5 Å². The fourth-order valence-corrected chi connectivity index (χ4v) is 5.90. The molecule has 0 spiro atoms. The summed E-state index contributed by atoms with van der Waals surface area (Å²) < 4.78 is 0. The molecule has 1 amide bonds. The van der Waals surface area contributed by atoms with Crippen molar-refractivity contribution in [2.24, 2.45) is 17.8 Å². The van der Waals surface area contributed by atoms with Crippen molar-refractivity contribution >= 4 is 5.91 Å². The van der Waals surface area contributed by atoms with E-state index in [1.807, 2.05) is 0 Å². The second-order valence-corrected chi connectivity index (χ2v) is 8.58. The molecule has 0 heterocycles. The van der Waals surface area contributed by atoms with Crippen LogP contribution in [0.1, 0.15) is 65.2 Å². The Bertz CT molecular complexity index is 407. The van der Waals surface area contributed by atoms with Crippen LogP contribution in [0.25, 0.3) is 0 Å². The summed E-state index contributed by atoms with van der Waals surface area (Å²) in [4.78, 5) is 12.3. The molecular formula is C17H28N2O. The molecule has 3 heteroatoms. The van der Waals surface area contributed by atoms with E-state index in [9.17, 15) is 4.79 Å². The molecular weight excluding hydrogens is 248 g/mol. The lowest BCUT2D eigenvalue weighted by Crippen LogP contribution is -2.70. The average Bonchev–Trinajstić information content (AvgIpc) is 3.06. The van der Waals surface area contributed by atoms with E-state index in [2.05, 4.69) is 24.5 Å². The predicted molar refractivity (Wildman–Crippen MR) is 79.3 cm³/mol. The van der Waals surface area contributed by atoms with Gasteiger partial charge in [0.1, 0.15) is 0 Å². The van der Waals surface area contributed by atoms with Crippen molar-refractivity contribution in [3.05, 3.63) is 0 Å². The van der Waals surface area contributed by atoms with Gasteiger partial charge in [0.05, 0.1) is 0 Å². The van der Waals surface area contributed by atoms with Crippen LogP contribution in [-0.2, 0) is 4.79 Å². The molecule has 5 rings (SSSR count). The lowest BCUT2D eigenvalue weighted by atomic mass is 9.49. The van der Waals surface area contributed by atoms with E-state index in [4.69, 9.17) is 0 Å². The molecule has 3 nitrogen and oxygen atoms in total. The van der Waals surface area contributed by atoms with Gasteiger partial charge < -0.3 is 10.6 Å². The Morgan fingerprint density at radius 3 is 2.20 bits per heavy atom. The summed E-state index contributed by atoms with van der Waals surface area (Å²) in [6.07, 6.45) is 9.96. The highest BCUT2D eigenvalue weighted by atomic mass is 16.2. The van der Waals surface area contributed by atoms with E-state index in [1.54, 1.807) is 0 Å². The molecule has 2 atom stereocenters. The summed E-state index contributed by atoms with van der Waals surface area (Å²) >= 11 is 0. The predicted octanol–water partition coefficient (Wildman–Crippen LogP) is 2.60. The third-order valence-electron chi connectivity index (χ3n) is 5.99. The summed E-state index contributed by atoms with van der Waals surface area (Å²) in [7, 11) is 0. The quantitative estimate of drug-likeness (QED) is 0.828. The number of carbonyl (C=O) groups excluding carboxylic acids is 1. The molecule has 20 heavy (non-hydrogen) atoms. The van der Waals surface area contributed by atoms with E-state index in [0.29, 0.717) is 23.4 Å². The van der Waals surface area contributed by atoms with Crippen LogP contribution in [-0.4, -0.2) is 23.0 Å². The smallest absolute Gasteiger partial charge is 0.223 e. The van der Waals surface area contributed by atoms with Gasteiger partial charge in [-0.05, 0) is 63.2 Å². The average molecular weight is 276 g/mol. The van der Waals surface area contributed by atoms with E-state index in [0.717, 1.165) is 24.7 Å². The highest BCUT2D eigenvalue weighted by Crippen LogP contribution is 2.57. The van der Waals surface area contributed by atoms with Gasteiger partial charge in [0, 0.05) is 23.0 Å². The summed E-state index contributed by atoms with van der Waals surface area (Å²) in [6, 6.07) is 0.544. The maximum atomic E-state index is 12.3. The third-order valence-corrected chi connectivity index (χ3v) is 5.99. The monoisotopic (exact) mass is 276 g/mol. The molecule has 5 saturated carbocycles. The van der Waals surface area contributed by atoms with Crippen LogP contribution in [0.2, 0.25) is 0 Å². The van der Waals surface area contributed by atoms with Gasteiger partial charge in [0.25, 0.3) is 0 Å². The lowest BCUT2D eigenvalue weighted by molar-refractivity contribution is -0.129. The molecule has 2 unspecified atom stereocenters. The van der Waals surface area contributed by atoms with Gasteiger partial charge in [-0.3, -0.25) is 4.79 Å². The van der Waals surface area contributed by atoms with Crippen LogP contribution in [0, 0.1) is 17.8 Å². The maximum absolute atomic E-state index is 12.3. The van der Waals surface area contributed by atoms with Crippen LogP contribution in [0.4, 0.5) is 0 Å². The molecule has 4 bridgehead atoms. The van der Waals surface area contributed by atoms with Crippen molar-refractivity contribution in [1.82, 2.24) is 10.6 Å². The third kappa shape index (κ3) is 2.18. The first-order valence-corrected chi connectivity index (χ1v) is 8.57. The Kier molecular flexibility index (Phi) is 2.77. The Hall–Kier alpha value is -0.570. The highest BCUT2D eigenvalue weighted by Gasteiger charge is 2.58. The molecule has 0 aromatic heterocycles. The van der Waals surface area contributed by atoms with Crippen molar-refractivity contribution in [2.75, 3.05) is 0 Å². The van der Waals surface area contributed by atoms with Crippen molar-refractivity contribution in [3.63, 3.8) is 0 Å². The summed E-state index contributed by atoms with van der Waals surface area (Å²) in [6.45, 7) is 4.52. The minimum atomic E-state index is 0.131. The lowest BCUT2D eigenvalue weighted by Gasteiger charge is -2.63. The number of hydrogen-bond donors (Lipinski definition) is 2. The van der Waals surface area contributed by atoms with Gasteiger partial charge in [-0.25, -0.2) is 0 Å².